The van der Waals surface area contributed by atoms with Crippen molar-refractivity contribution < 1.29 is 72.4 Å². The number of rotatable bonds is 6. The standard InChI is InChI=1S/C21H25.C18H25.C15H8F6.2ClH.Zr/c1-20(2,3)16-9-7-14-11-15-8-10-17(21(4,5)6)13-19(15)18(14)12-16;1-12-3-13(2)17(4-12)11-18-8-14-5-15(9-18)7-16(6-14)10-18;16-14(17,18)12-5-1-3-10(8-12)7-11-4-2-6-13(9-11)15(19,20)21;;;/h7-13H,1-6H3;4,12,14-16H,5-11H2,1-2H3;1-6,8-9H;2*1H;/q;;;;;+2/p-2. The fourth-order valence-corrected chi connectivity index (χ4v) is 22.7. The van der Waals surface area contributed by atoms with Crippen molar-refractivity contribution in [1.82, 2.24) is 0 Å². The summed E-state index contributed by atoms with van der Waals surface area (Å²) in [6.07, 6.45) is 2.06. The van der Waals surface area contributed by atoms with Gasteiger partial charge in [-0.25, -0.2) is 0 Å². The fourth-order valence-electron chi connectivity index (χ4n) is 12.7. The zero-order valence-electron chi connectivity index (χ0n) is 37.5. The molecular formula is C54H58Cl2F6Zr. The summed E-state index contributed by atoms with van der Waals surface area (Å²) in [5.41, 5.74) is 8.68. The molecule has 6 aliphatic carbocycles. The molecule has 0 heterocycles. The summed E-state index contributed by atoms with van der Waals surface area (Å²) in [5, 5.41) is 0. The van der Waals surface area contributed by atoms with E-state index >= 15 is 0 Å². The van der Waals surface area contributed by atoms with Crippen LogP contribution < -0.4 is 24.8 Å². The molecule has 4 aromatic carbocycles. The van der Waals surface area contributed by atoms with Gasteiger partial charge in [0.15, 0.2) is 0 Å². The molecule has 0 amide bonds. The summed E-state index contributed by atoms with van der Waals surface area (Å²) in [7, 11) is 0. The van der Waals surface area contributed by atoms with Gasteiger partial charge in [0.1, 0.15) is 0 Å². The Bertz CT molecular complexity index is 2370. The summed E-state index contributed by atoms with van der Waals surface area (Å²) >= 11 is -3.83. The van der Waals surface area contributed by atoms with E-state index in [1.165, 1.54) is 88.3 Å². The number of halogens is 8. The molecule has 4 bridgehead atoms. The SMILES string of the molecule is CC1=[C]([Zr+2](=[C](c2cccc(C(F)(F)F)c2)c2cccc(C(F)(F)F)c2)[CH]2c3ccc(C(C)(C)C)cc3-c3cc(C(C)(C)C)ccc32)C(C)C=C1CC12CC3CC(CC(C3)C1)C2.[Cl-].[Cl-]. The molecule has 4 saturated carbocycles. The number of hydrogen-bond acceptors (Lipinski definition) is 0. The smallest absolute Gasteiger partial charge is 1.00 e. The molecule has 334 valence electrons. The van der Waals surface area contributed by atoms with Crippen LogP contribution in [0.25, 0.3) is 11.1 Å². The van der Waals surface area contributed by atoms with Crippen LogP contribution in [0.1, 0.15) is 148 Å². The summed E-state index contributed by atoms with van der Waals surface area (Å²) in [4.78, 5) is 0. The van der Waals surface area contributed by atoms with Gasteiger partial charge in [0.05, 0.1) is 0 Å². The summed E-state index contributed by atoms with van der Waals surface area (Å²) < 4.78 is 89.9. The molecule has 1 unspecified atom stereocenters. The maximum Gasteiger partial charge on any atom is -1.00 e. The molecule has 0 spiro atoms. The van der Waals surface area contributed by atoms with E-state index in [0.717, 1.165) is 58.6 Å². The van der Waals surface area contributed by atoms with Crippen LogP contribution in [0.15, 0.2) is 105 Å². The van der Waals surface area contributed by atoms with Crippen LogP contribution in [0, 0.1) is 29.1 Å². The topological polar surface area (TPSA) is 0 Å². The average molecular weight is 983 g/mol. The Morgan fingerprint density at radius 1 is 0.603 bits per heavy atom. The largest absolute Gasteiger partial charge is 1.00 e. The average Bonchev–Trinajstić information content (AvgIpc) is 3.62. The minimum absolute atomic E-state index is 0. The molecule has 0 saturated heterocycles. The summed E-state index contributed by atoms with van der Waals surface area (Å²) in [5.74, 6) is 2.39. The van der Waals surface area contributed by atoms with Gasteiger partial charge in [-0.05, 0) is 0 Å². The maximum atomic E-state index is 14.7. The zero-order chi connectivity index (χ0) is 43.6. The maximum absolute atomic E-state index is 14.7. The minimum Gasteiger partial charge on any atom is -1.00 e. The molecule has 4 aromatic rings. The third kappa shape index (κ3) is 8.96. The second-order valence-corrected chi connectivity index (χ2v) is 27.6. The molecule has 0 radical (unpaired) electrons. The molecule has 9 heteroatoms. The van der Waals surface area contributed by atoms with Crippen molar-refractivity contribution in [3.05, 3.63) is 150 Å². The van der Waals surface area contributed by atoms with E-state index in [2.05, 4.69) is 97.9 Å². The van der Waals surface area contributed by atoms with Crippen molar-refractivity contribution in [3.8, 4) is 11.1 Å². The van der Waals surface area contributed by atoms with Crippen LogP contribution in [0.2, 0.25) is 0 Å². The summed E-state index contributed by atoms with van der Waals surface area (Å²) in [6, 6.07) is 24.4. The molecule has 0 nitrogen and oxygen atoms in total. The van der Waals surface area contributed by atoms with Crippen molar-refractivity contribution in [1.29, 1.82) is 0 Å². The van der Waals surface area contributed by atoms with Gasteiger partial charge in [-0.2, -0.15) is 0 Å². The Hall–Kier alpha value is -2.73. The van der Waals surface area contributed by atoms with Crippen molar-refractivity contribution >= 4 is 3.21 Å². The number of benzene rings is 4. The van der Waals surface area contributed by atoms with Gasteiger partial charge in [-0.3, -0.25) is 0 Å². The number of alkyl halides is 6. The second-order valence-electron chi connectivity index (χ2n) is 21.6. The molecule has 0 aliphatic heterocycles. The van der Waals surface area contributed by atoms with Crippen LogP contribution in [-0.4, -0.2) is 3.21 Å². The normalized spacial score (nSPS) is 24.0. The van der Waals surface area contributed by atoms with Crippen LogP contribution in [0.5, 0.6) is 0 Å². The molecule has 6 aliphatic rings. The van der Waals surface area contributed by atoms with E-state index in [1.807, 2.05) is 0 Å². The molecule has 0 N–H and O–H groups in total. The van der Waals surface area contributed by atoms with Gasteiger partial charge in [0.25, 0.3) is 0 Å². The first-order valence-electron chi connectivity index (χ1n) is 22.3. The Kier molecular flexibility index (Phi) is 12.9. The quantitative estimate of drug-likeness (QED) is 0.169. The predicted molar refractivity (Wildman–Crippen MR) is 232 cm³/mol. The van der Waals surface area contributed by atoms with Crippen molar-refractivity contribution in [3.63, 3.8) is 0 Å². The molecule has 4 fully saturated rings. The van der Waals surface area contributed by atoms with Gasteiger partial charge >= 0.3 is 368 Å². The summed E-state index contributed by atoms with van der Waals surface area (Å²) in [6.45, 7) is 17.7. The van der Waals surface area contributed by atoms with Gasteiger partial charge < -0.3 is 24.8 Å². The first kappa shape index (κ1) is 48.2. The van der Waals surface area contributed by atoms with Crippen LogP contribution in [-0.2, 0) is 44.4 Å². The molecular weight excluding hydrogens is 925 g/mol. The van der Waals surface area contributed by atoms with E-state index in [-0.39, 0.29) is 50.6 Å². The first-order valence-corrected chi connectivity index (χ1v) is 26.2. The minimum atomic E-state index is -4.62. The van der Waals surface area contributed by atoms with Gasteiger partial charge in [0, 0.05) is 0 Å². The first-order chi connectivity index (χ1) is 28.5. The molecule has 10 rings (SSSR count). The van der Waals surface area contributed by atoms with E-state index in [0.29, 0.717) is 14.3 Å². The van der Waals surface area contributed by atoms with Crippen LogP contribution >= 0.6 is 0 Å². The van der Waals surface area contributed by atoms with E-state index < -0.39 is 44.7 Å². The van der Waals surface area contributed by atoms with Crippen LogP contribution in [0.3, 0.4) is 0 Å². The Morgan fingerprint density at radius 2 is 1.03 bits per heavy atom. The predicted octanol–water partition coefficient (Wildman–Crippen LogP) is 9.74. The second kappa shape index (κ2) is 16.9. The van der Waals surface area contributed by atoms with E-state index in [1.54, 1.807) is 12.1 Å². The Balaban J connectivity index is 0.00000298. The van der Waals surface area contributed by atoms with E-state index in [9.17, 15) is 26.3 Å². The fraction of sp³-hybridized carbons (Fsp3) is 0.463. The van der Waals surface area contributed by atoms with Gasteiger partial charge in [-0.15, -0.1) is 0 Å². The molecule has 63 heavy (non-hydrogen) atoms. The van der Waals surface area contributed by atoms with Crippen LogP contribution in [0.4, 0.5) is 26.3 Å². The zero-order valence-corrected chi connectivity index (χ0v) is 41.5. The third-order valence-corrected chi connectivity index (χ3v) is 24.2. The van der Waals surface area contributed by atoms with Crippen molar-refractivity contribution in [2.45, 2.75) is 127 Å². The Labute approximate surface area is 390 Å². The number of fused-ring (bicyclic) bond motifs is 3. The van der Waals surface area contributed by atoms with Gasteiger partial charge in [0.2, 0.25) is 0 Å². The molecule has 0 aromatic heterocycles. The number of hydrogen-bond donors (Lipinski definition) is 0. The monoisotopic (exact) mass is 980 g/mol. The number of allylic oxidation sites excluding steroid dienone is 4. The van der Waals surface area contributed by atoms with E-state index in [4.69, 9.17) is 0 Å². The third-order valence-electron chi connectivity index (χ3n) is 15.1. The van der Waals surface area contributed by atoms with Crippen molar-refractivity contribution in [2.75, 3.05) is 0 Å². The van der Waals surface area contributed by atoms with Gasteiger partial charge in [-0.1, -0.05) is 0 Å². The molecule has 1 atom stereocenters. The Morgan fingerprint density at radius 3 is 1.43 bits per heavy atom. The van der Waals surface area contributed by atoms with Crippen molar-refractivity contribution in [2.24, 2.45) is 29.1 Å².